The van der Waals surface area contributed by atoms with Crippen LogP contribution in [-0.2, 0) is 9.59 Å². The zero-order valence-corrected chi connectivity index (χ0v) is 21.5. The van der Waals surface area contributed by atoms with Crippen LogP contribution in [0.4, 0.5) is 11.4 Å². The zero-order chi connectivity index (χ0) is 23.9. The highest BCUT2D eigenvalue weighted by Crippen LogP contribution is 2.49. The monoisotopic (exact) mass is 440 g/mol. The molecule has 0 saturated heterocycles. The third kappa shape index (κ3) is 6.59. The van der Waals surface area contributed by atoms with Crippen molar-refractivity contribution in [3.8, 4) is 0 Å². The molecule has 178 valence electrons. The van der Waals surface area contributed by atoms with E-state index in [2.05, 4.69) is 66.0 Å². The summed E-state index contributed by atoms with van der Waals surface area (Å²) in [6.45, 7) is 18.1. The van der Waals surface area contributed by atoms with E-state index < -0.39 is 0 Å². The van der Waals surface area contributed by atoms with Gasteiger partial charge in [-0.1, -0.05) is 55.4 Å². The Kier molecular flexibility index (Phi) is 6.59. The van der Waals surface area contributed by atoms with E-state index in [9.17, 15) is 9.59 Å². The van der Waals surface area contributed by atoms with Crippen LogP contribution in [0.25, 0.3) is 0 Å². The molecule has 32 heavy (non-hydrogen) atoms. The van der Waals surface area contributed by atoms with Gasteiger partial charge in [0.25, 0.3) is 0 Å². The number of anilines is 2. The molecule has 0 aliphatic heterocycles. The molecule has 0 unspecified atom stereocenters. The minimum atomic E-state index is 0.0335. The van der Waals surface area contributed by atoms with E-state index in [4.69, 9.17) is 0 Å². The van der Waals surface area contributed by atoms with E-state index >= 15 is 0 Å². The third-order valence-corrected chi connectivity index (χ3v) is 7.27. The van der Waals surface area contributed by atoms with Crippen molar-refractivity contribution in [3.05, 3.63) is 24.3 Å². The van der Waals surface area contributed by atoms with Crippen LogP contribution in [0.2, 0.25) is 0 Å². The van der Waals surface area contributed by atoms with Crippen LogP contribution in [0.5, 0.6) is 0 Å². The molecule has 1 aromatic rings. The fraction of sp³-hybridized carbons (Fsp3) is 0.714. The SMILES string of the molecule is CC1(C)CC(C(=O)Nc2ccc(NC(=O)C3CC(C)(C)CC(C)(C)C3)cc2)CC(C)(C)C1. The predicted octanol–water partition coefficient (Wildman–Crippen LogP) is 7.27. The summed E-state index contributed by atoms with van der Waals surface area (Å²) in [6.07, 6.45) is 5.98. The van der Waals surface area contributed by atoms with Crippen molar-refractivity contribution in [2.75, 3.05) is 10.6 Å². The molecule has 0 aromatic heterocycles. The Morgan fingerprint density at radius 3 is 1.09 bits per heavy atom. The van der Waals surface area contributed by atoms with Gasteiger partial charge in [0.2, 0.25) is 11.8 Å². The Morgan fingerprint density at radius 2 is 0.844 bits per heavy atom. The first-order valence-corrected chi connectivity index (χ1v) is 12.3. The summed E-state index contributed by atoms with van der Waals surface area (Å²) >= 11 is 0. The predicted molar refractivity (Wildman–Crippen MR) is 134 cm³/mol. The van der Waals surface area contributed by atoms with Crippen LogP contribution < -0.4 is 10.6 Å². The Balaban J connectivity index is 1.59. The van der Waals surface area contributed by atoms with Gasteiger partial charge < -0.3 is 10.6 Å². The van der Waals surface area contributed by atoms with E-state index in [0.717, 1.165) is 49.9 Å². The molecule has 4 heteroatoms. The first kappa shape index (κ1) is 24.8. The van der Waals surface area contributed by atoms with Crippen LogP contribution in [0, 0.1) is 33.5 Å². The van der Waals surface area contributed by atoms with Gasteiger partial charge in [0.15, 0.2) is 0 Å². The van der Waals surface area contributed by atoms with Gasteiger partial charge in [0.05, 0.1) is 0 Å². The Labute approximate surface area is 195 Å². The fourth-order valence-electron chi connectivity index (χ4n) is 7.19. The molecule has 0 heterocycles. The summed E-state index contributed by atoms with van der Waals surface area (Å²) < 4.78 is 0. The summed E-state index contributed by atoms with van der Waals surface area (Å²) in [7, 11) is 0. The molecule has 0 atom stereocenters. The maximum atomic E-state index is 13.0. The highest BCUT2D eigenvalue weighted by molar-refractivity contribution is 5.94. The topological polar surface area (TPSA) is 58.2 Å². The number of benzene rings is 1. The molecular formula is C28H44N2O2. The lowest BCUT2D eigenvalue weighted by atomic mass is 9.61. The summed E-state index contributed by atoms with van der Waals surface area (Å²) in [5.74, 6) is 0.279. The highest BCUT2D eigenvalue weighted by atomic mass is 16.2. The van der Waals surface area contributed by atoms with Gasteiger partial charge in [-0.25, -0.2) is 0 Å². The van der Waals surface area contributed by atoms with E-state index in [0.29, 0.717) is 0 Å². The molecule has 0 bridgehead atoms. The lowest BCUT2D eigenvalue weighted by Gasteiger charge is -2.44. The number of nitrogens with one attached hydrogen (secondary N) is 2. The largest absolute Gasteiger partial charge is 0.326 e. The Hall–Kier alpha value is -1.84. The fourth-order valence-corrected chi connectivity index (χ4v) is 7.19. The minimum Gasteiger partial charge on any atom is -0.326 e. The molecule has 1 aromatic carbocycles. The van der Waals surface area contributed by atoms with Crippen LogP contribution in [0.15, 0.2) is 24.3 Å². The quantitative estimate of drug-likeness (QED) is 0.517. The standard InChI is InChI=1S/C28H44N2O2/c1-25(2)13-19(14-26(3,4)17-25)23(31)29-21-9-11-22(12-10-21)30-24(32)20-15-27(5,6)18-28(7,8)16-20/h9-12,19-20H,13-18H2,1-8H3,(H,29,31)(H,30,32). The number of hydrogen-bond donors (Lipinski definition) is 2. The summed E-state index contributed by atoms with van der Waals surface area (Å²) in [6, 6.07) is 7.56. The molecule has 2 N–H and O–H groups in total. The van der Waals surface area contributed by atoms with Crippen LogP contribution >= 0.6 is 0 Å². The molecule has 3 rings (SSSR count). The van der Waals surface area contributed by atoms with E-state index in [1.54, 1.807) is 0 Å². The Morgan fingerprint density at radius 1 is 0.594 bits per heavy atom. The average Bonchev–Trinajstić information content (AvgIpc) is 2.58. The minimum absolute atomic E-state index is 0.0335. The van der Waals surface area contributed by atoms with E-state index in [1.807, 2.05) is 24.3 Å². The summed E-state index contributed by atoms with van der Waals surface area (Å²) in [4.78, 5) is 25.9. The molecule has 2 fully saturated rings. The number of amides is 2. The normalized spacial score (nSPS) is 24.5. The second-order valence-electron chi connectivity index (χ2n) is 13.8. The molecule has 2 saturated carbocycles. The summed E-state index contributed by atoms with van der Waals surface area (Å²) in [5.41, 5.74) is 2.30. The summed E-state index contributed by atoms with van der Waals surface area (Å²) in [5, 5.41) is 6.20. The number of carbonyl (C=O) groups is 2. The lowest BCUT2D eigenvalue weighted by Crippen LogP contribution is -2.39. The van der Waals surface area contributed by atoms with Crippen LogP contribution in [-0.4, -0.2) is 11.8 Å². The molecule has 2 aliphatic carbocycles. The molecule has 2 amide bonds. The van der Waals surface area contributed by atoms with Gasteiger partial charge in [-0.15, -0.1) is 0 Å². The Bertz CT molecular complexity index is 746. The van der Waals surface area contributed by atoms with Crippen molar-refractivity contribution >= 4 is 23.2 Å². The van der Waals surface area contributed by atoms with Crippen molar-refractivity contribution in [3.63, 3.8) is 0 Å². The number of carbonyl (C=O) groups excluding carboxylic acids is 2. The van der Waals surface area contributed by atoms with Crippen molar-refractivity contribution in [1.82, 2.24) is 0 Å². The number of hydrogen-bond acceptors (Lipinski definition) is 2. The van der Waals surface area contributed by atoms with Gasteiger partial charge in [0, 0.05) is 23.2 Å². The van der Waals surface area contributed by atoms with Gasteiger partial charge in [-0.05, 0) is 84.5 Å². The molecule has 2 aliphatic rings. The molecule has 4 nitrogen and oxygen atoms in total. The second-order valence-corrected chi connectivity index (χ2v) is 13.8. The second kappa shape index (κ2) is 8.50. The number of rotatable bonds is 4. The van der Waals surface area contributed by atoms with Crippen LogP contribution in [0.1, 0.15) is 93.9 Å². The van der Waals surface area contributed by atoms with E-state index in [-0.39, 0.29) is 45.3 Å². The van der Waals surface area contributed by atoms with Gasteiger partial charge in [0.1, 0.15) is 0 Å². The maximum absolute atomic E-state index is 13.0. The first-order chi connectivity index (χ1) is 14.5. The van der Waals surface area contributed by atoms with Crippen LogP contribution in [0.3, 0.4) is 0 Å². The van der Waals surface area contributed by atoms with Gasteiger partial charge in [-0.2, -0.15) is 0 Å². The van der Waals surface area contributed by atoms with Gasteiger partial charge in [-0.3, -0.25) is 9.59 Å². The van der Waals surface area contributed by atoms with Crippen molar-refractivity contribution < 1.29 is 9.59 Å². The average molecular weight is 441 g/mol. The first-order valence-electron chi connectivity index (χ1n) is 12.3. The van der Waals surface area contributed by atoms with E-state index in [1.165, 1.54) is 0 Å². The zero-order valence-electron chi connectivity index (χ0n) is 21.5. The molecular weight excluding hydrogens is 396 g/mol. The molecule has 0 spiro atoms. The molecule has 0 radical (unpaired) electrons. The van der Waals surface area contributed by atoms with Crippen molar-refractivity contribution in [2.45, 2.75) is 93.9 Å². The van der Waals surface area contributed by atoms with Crippen molar-refractivity contribution in [1.29, 1.82) is 0 Å². The third-order valence-electron chi connectivity index (χ3n) is 7.27. The smallest absolute Gasteiger partial charge is 0.227 e. The van der Waals surface area contributed by atoms with Crippen molar-refractivity contribution in [2.24, 2.45) is 33.5 Å². The maximum Gasteiger partial charge on any atom is 0.227 e. The van der Waals surface area contributed by atoms with Gasteiger partial charge >= 0.3 is 0 Å². The lowest BCUT2D eigenvalue weighted by molar-refractivity contribution is -0.124. The highest BCUT2D eigenvalue weighted by Gasteiger charge is 2.42.